The van der Waals surface area contributed by atoms with E-state index in [1.54, 1.807) is 7.11 Å². The summed E-state index contributed by atoms with van der Waals surface area (Å²) in [6.45, 7) is 0.838. The molecule has 0 radical (unpaired) electrons. The second-order valence-corrected chi connectivity index (χ2v) is 7.48. The van der Waals surface area contributed by atoms with Crippen LogP contribution in [-0.2, 0) is 6.42 Å². The Labute approximate surface area is 184 Å². The Bertz CT molecular complexity index is 1170. The highest BCUT2D eigenvalue weighted by atomic mass is 16.5. The molecule has 0 bridgehead atoms. The Balaban J connectivity index is 1.47. The van der Waals surface area contributed by atoms with Gasteiger partial charge in [-0.05, 0) is 54.8 Å². The number of anilines is 1. The maximum Gasteiger partial charge on any atom is 0.118 e. The number of fused-ring (bicyclic) bond motifs is 1. The number of hydrogen-bond acceptors (Lipinski definition) is 3. The van der Waals surface area contributed by atoms with Crippen molar-refractivity contribution in [3.63, 3.8) is 0 Å². The van der Waals surface area contributed by atoms with Gasteiger partial charge in [-0.2, -0.15) is 0 Å². The van der Waals surface area contributed by atoms with Gasteiger partial charge in [0, 0.05) is 29.6 Å². The van der Waals surface area contributed by atoms with Gasteiger partial charge >= 0.3 is 0 Å². The van der Waals surface area contributed by atoms with Crippen LogP contribution in [-0.4, -0.2) is 18.6 Å². The van der Waals surface area contributed by atoms with Gasteiger partial charge in [-0.15, -0.1) is 0 Å². The fourth-order valence-electron chi connectivity index (χ4n) is 3.61. The molecule has 0 spiro atoms. The summed E-state index contributed by atoms with van der Waals surface area (Å²) in [6, 6.07) is 28.8. The number of rotatable bonds is 7. The minimum Gasteiger partial charge on any atom is -0.497 e. The molecule has 1 atom stereocenters. The van der Waals surface area contributed by atoms with E-state index in [0.29, 0.717) is 0 Å². The van der Waals surface area contributed by atoms with Crippen LogP contribution in [0.3, 0.4) is 0 Å². The van der Waals surface area contributed by atoms with E-state index in [9.17, 15) is 0 Å². The van der Waals surface area contributed by atoms with Gasteiger partial charge in [-0.25, -0.2) is 0 Å². The molecule has 31 heavy (non-hydrogen) atoms. The van der Waals surface area contributed by atoms with Crippen molar-refractivity contribution in [2.24, 2.45) is 5.92 Å². The van der Waals surface area contributed by atoms with Crippen molar-refractivity contribution in [1.29, 1.82) is 0 Å². The molecule has 0 aliphatic heterocycles. The minimum atomic E-state index is 0.250. The standard InChI is InChI=1S/C28H26N2O/c1-31-26-16-14-22(15-17-26)12-13-24(21-23-7-3-2-4-8-23)18-20-29-27-11-5-9-25-10-6-19-30-28(25)27/h2-11,14-17,19,24,29H,18,20-21H2,1H3. The molecule has 4 aromatic rings. The van der Waals surface area contributed by atoms with Crippen molar-refractivity contribution in [2.45, 2.75) is 12.8 Å². The van der Waals surface area contributed by atoms with E-state index in [0.717, 1.165) is 47.3 Å². The number of aromatic nitrogens is 1. The third kappa shape index (κ3) is 5.65. The fourth-order valence-corrected chi connectivity index (χ4v) is 3.61. The molecule has 4 rings (SSSR count). The predicted octanol–water partition coefficient (Wildman–Crippen LogP) is 5.96. The van der Waals surface area contributed by atoms with Gasteiger partial charge < -0.3 is 10.1 Å². The van der Waals surface area contributed by atoms with Gasteiger partial charge in [0.25, 0.3) is 0 Å². The molecule has 3 nitrogen and oxygen atoms in total. The number of hydrogen-bond donors (Lipinski definition) is 1. The quantitative estimate of drug-likeness (QED) is 0.385. The van der Waals surface area contributed by atoms with Crippen LogP contribution in [0.15, 0.2) is 91.1 Å². The average molecular weight is 407 g/mol. The summed E-state index contributed by atoms with van der Waals surface area (Å²) in [4.78, 5) is 4.54. The average Bonchev–Trinajstić information content (AvgIpc) is 2.83. The Hall–Kier alpha value is -3.77. The molecule has 1 aromatic heterocycles. The monoisotopic (exact) mass is 406 g/mol. The summed E-state index contributed by atoms with van der Waals surface area (Å²) in [5.41, 5.74) is 4.39. The summed E-state index contributed by atoms with van der Waals surface area (Å²) in [7, 11) is 1.68. The zero-order valence-corrected chi connectivity index (χ0v) is 17.7. The van der Waals surface area contributed by atoms with Crippen molar-refractivity contribution in [3.05, 3.63) is 102 Å². The van der Waals surface area contributed by atoms with Crippen LogP contribution in [0.25, 0.3) is 10.9 Å². The topological polar surface area (TPSA) is 34.1 Å². The van der Waals surface area contributed by atoms with Crippen molar-refractivity contribution in [2.75, 3.05) is 19.0 Å². The highest BCUT2D eigenvalue weighted by Crippen LogP contribution is 2.21. The Morgan fingerprint density at radius 3 is 2.52 bits per heavy atom. The lowest BCUT2D eigenvalue weighted by molar-refractivity contribution is 0.415. The van der Waals surface area contributed by atoms with Gasteiger partial charge in [0.05, 0.1) is 18.3 Å². The molecule has 0 saturated heterocycles. The Kier molecular flexibility index (Phi) is 6.82. The lowest BCUT2D eigenvalue weighted by atomic mass is 9.96. The van der Waals surface area contributed by atoms with Gasteiger partial charge in [0.15, 0.2) is 0 Å². The molecule has 1 unspecified atom stereocenters. The molecular weight excluding hydrogens is 380 g/mol. The zero-order valence-electron chi connectivity index (χ0n) is 17.7. The number of methoxy groups -OCH3 is 1. The zero-order chi connectivity index (χ0) is 21.3. The minimum absolute atomic E-state index is 0.250. The fraction of sp³-hybridized carbons (Fsp3) is 0.179. The van der Waals surface area contributed by atoms with Crippen LogP contribution < -0.4 is 10.1 Å². The van der Waals surface area contributed by atoms with E-state index in [-0.39, 0.29) is 5.92 Å². The lowest BCUT2D eigenvalue weighted by Crippen LogP contribution is -2.11. The number of ether oxygens (including phenoxy) is 1. The number of nitrogens with zero attached hydrogens (tertiary/aromatic N) is 1. The summed E-state index contributed by atoms with van der Waals surface area (Å²) >= 11 is 0. The third-order valence-electron chi connectivity index (χ3n) is 5.28. The second kappa shape index (κ2) is 10.3. The maximum absolute atomic E-state index is 5.24. The van der Waals surface area contributed by atoms with Crippen LogP contribution in [0.5, 0.6) is 5.75 Å². The van der Waals surface area contributed by atoms with Crippen molar-refractivity contribution < 1.29 is 4.74 Å². The lowest BCUT2D eigenvalue weighted by Gasteiger charge is -2.13. The van der Waals surface area contributed by atoms with E-state index in [2.05, 4.69) is 76.7 Å². The van der Waals surface area contributed by atoms with Gasteiger partial charge in [-0.3, -0.25) is 4.98 Å². The number of pyridine rings is 1. The van der Waals surface area contributed by atoms with Crippen molar-refractivity contribution >= 4 is 16.6 Å². The molecular formula is C28H26N2O. The molecule has 154 valence electrons. The SMILES string of the molecule is COc1ccc(C#CC(CCNc2cccc3cccnc23)Cc2ccccc2)cc1. The molecule has 1 N–H and O–H groups in total. The highest BCUT2D eigenvalue weighted by molar-refractivity contribution is 5.90. The van der Waals surface area contributed by atoms with Crippen LogP contribution in [0.1, 0.15) is 17.5 Å². The van der Waals surface area contributed by atoms with Crippen molar-refractivity contribution in [3.8, 4) is 17.6 Å². The first-order valence-electron chi connectivity index (χ1n) is 10.6. The molecule has 3 heteroatoms. The Morgan fingerprint density at radius 1 is 0.903 bits per heavy atom. The summed E-state index contributed by atoms with van der Waals surface area (Å²) in [5.74, 6) is 7.94. The summed E-state index contributed by atoms with van der Waals surface area (Å²) in [6.07, 6.45) is 3.72. The van der Waals surface area contributed by atoms with E-state index in [1.165, 1.54) is 5.56 Å². The number of para-hydroxylation sites is 1. The molecule has 0 aliphatic carbocycles. The first kappa shape index (κ1) is 20.5. The maximum atomic E-state index is 5.24. The smallest absolute Gasteiger partial charge is 0.118 e. The van der Waals surface area contributed by atoms with Gasteiger partial charge in [0.1, 0.15) is 5.75 Å². The van der Waals surface area contributed by atoms with Gasteiger partial charge in [-0.1, -0.05) is 60.4 Å². The first-order chi connectivity index (χ1) is 15.3. The summed E-state index contributed by atoms with van der Waals surface area (Å²) < 4.78 is 5.24. The molecule has 3 aromatic carbocycles. The van der Waals surface area contributed by atoms with Crippen LogP contribution >= 0.6 is 0 Å². The van der Waals surface area contributed by atoms with Crippen LogP contribution in [0.4, 0.5) is 5.69 Å². The molecule has 0 aliphatic rings. The highest BCUT2D eigenvalue weighted by Gasteiger charge is 2.08. The third-order valence-corrected chi connectivity index (χ3v) is 5.28. The first-order valence-corrected chi connectivity index (χ1v) is 10.6. The van der Waals surface area contributed by atoms with E-state index >= 15 is 0 Å². The molecule has 0 amide bonds. The predicted molar refractivity (Wildman–Crippen MR) is 128 cm³/mol. The molecule has 1 heterocycles. The van der Waals surface area contributed by atoms with E-state index in [1.807, 2.05) is 36.5 Å². The van der Waals surface area contributed by atoms with Crippen LogP contribution in [0, 0.1) is 17.8 Å². The largest absolute Gasteiger partial charge is 0.497 e. The van der Waals surface area contributed by atoms with E-state index in [4.69, 9.17) is 4.74 Å². The second-order valence-electron chi connectivity index (χ2n) is 7.48. The van der Waals surface area contributed by atoms with E-state index < -0.39 is 0 Å². The number of benzene rings is 3. The molecule has 0 fully saturated rings. The Morgan fingerprint density at radius 2 is 1.71 bits per heavy atom. The normalized spacial score (nSPS) is 11.4. The van der Waals surface area contributed by atoms with Crippen LogP contribution in [0.2, 0.25) is 0 Å². The molecule has 0 saturated carbocycles. The number of nitrogens with one attached hydrogen (secondary N) is 1. The van der Waals surface area contributed by atoms with Gasteiger partial charge in [0.2, 0.25) is 0 Å². The van der Waals surface area contributed by atoms with Crippen molar-refractivity contribution in [1.82, 2.24) is 4.98 Å². The summed E-state index contributed by atoms with van der Waals surface area (Å²) in [5, 5.41) is 4.72.